The summed E-state index contributed by atoms with van der Waals surface area (Å²) in [7, 11) is 0. The second kappa shape index (κ2) is 5.78. The molecular weight excluding hydrogens is 324 g/mol. The van der Waals surface area contributed by atoms with Crippen molar-refractivity contribution in [2.24, 2.45) is 5.92 Å². The maximum absolute atomic E-state index is 6.29. The van der Waals surface area contributed by atoms with E-state index in [2.05, 4.69) is 66.7 Å². The van der Waals surface area contributed by atoms with E-state index in [-0.39, 0.29) is 23.7 Å². The van der Waals surface area contributed by atoms with E-state index in [1.165, 1.54) is 16.7 Å². The van der Waals surface area contributed by atoms with E-state index in [1.54, 1.807) is 0 Å². The minimum absolute atomic E-state index is 0.0338. The van der Waals surface area contributed by atoms with Gasteiger partial charge in [-0.3, -0.25) is 0 Å². The van der Waals surface area contributed by atoms with Crippen LogP contribution >= 0.6 is 0 Å². The highest BCUT2D eigenvalue weighted by atomic mass is 16.8. The van der Waals surface area contributed by atoms with Crippen molar-refractivity contribution < 1.29 is 14.2 Å². The van der Waals surface area contributed by atoms with Gasteiger partial charge in [-0.15, -0.1) is 0 Å². The lowest BCUT2D eigenvalue weighted by molar-refractivity contribution is -0.160. The van der Waals surface area contributed by atoms with Crippen molar-refractivity contribution in [3.63, 3.8) is 0 Å². The third-order valence-corrected chi connectivity index (χ3v) is 5.72. The maximum atomic E-state index is 6.29. The van der Waals surface area contributed by atoms with Gasteiger partial charge in [0.05, 0.1) is 12.7 Å². The Morgan fingerprint density at radius 1 is 0.923 bits per heavy atom. The number of fused-ring (bicyclic) bond motifs is 2. The second-order valence-corrected chi connectivity index (χ2v) is 8.05. The summed E-state index contributed by atoms with van der Waals surface area (Å²) in [5.74, 6) is -0.264. The monoisotopic (exact) mass is 348 g/mol. The lowest BCUT2D eigenvalue weighted by Crippen LogP contribution is -2.31. The second-order valence-electron chi connectivity index (χ2n) is 8.05. The zero-order valence-corrected chi connectivity index (χ0v) is 15.2. The Labute approximate surface area is 154 Å². The minimum Gasteiger partial charge on any atom is -0.367 e. The molecule has 0 N–H and O–H groups in total. The summed E-state index contributed by atoms with van der Waals surface area (Å²) < 4.78 is 18.3. The summed E-state index contributed by atoms with van der Waals surface area (Å²) in [5, 5.41) is 0. The third-order valence-electron chi connectivity index (χ3n) is 5.72. The summed E-state index contributed by atoms with van der Waals surface area (Å²) in [6.07, 6.45) is 3.42. The predicted octanol–water partition coefficient (Wildman–Crippen LogP) is 4.43. The van der Waals surface area contributed by atoms with Crippen molar-refractivity contribution in [2.45, 2.75) is 43.9 Å². The van der Waals surface area contributed by atoms with Crippen LogP contribution in [0.4, 0.5) is 0 Å². The summed E-state index contributed by atoms with van der Waals surface area (Å²) in [6, 6.07) is 21.2. The van der Waals surface area contributed by atoms with Crippen LogP contribution in [0.25, 0.3) is 5.57 Å². The summed E-state index contributed by atoms with van der Waals surface area (Å²) in [4.78, 5) is 0. The van der Waals surface area contributed by atoms with E-state index in [1.807, 2.05) is 13.8 Å². The molecule has 0 amide bonds. The zero-order chi connectivity index (χ0) is 17.8. The Hall–Kier alpha value is -1.94. The maximum Gasteiger partial charge on any atom is 0.163 e. The normalized spacial score (nSPS) is 33.8. The first-order valence-electron chi connectivity index (χ1n) is 9.39. The molecule has 3 aliphatic rings. The molecule has 2 aromatic carbocycles. The molecule has 2 heterocycles. The smallest absolute Gasteiger partial charge is 0.163 e. The van der Waals surface area contributed by atoms with Gasteiger partial charge in [-0.05, 0) is 37.0 Å². The fraction of sp³-hybridized carbons (Fsp3) is 0.391. The lowest BCUT2D eigenvalue weighted by Gasteiger charge is -2.22. The fourth-order valence-electron chi connectivity index (χ4n) is 4.48. The van der Waals surface area contributed by atoms with E-state index in [4.69, 9.17) is 14.2 Å². The topological polar surface area (TPSA) is 31.0 Å². The Morgan fingerprint density at radius 2 is 1.50 bits per heavy atom. The van der Waals surface area contributed by atoms with Gasteiger partial charge in [0.2, 0.25) is 0 Å². The first-order valence-corrected chi connectivity index (χ1v) is 9.39. The van der Waals surface area contributed by atoms with Crippen LogP contribution < -0.4 is 0 Å². The molecular formula is C23H24O3. The molecule has 0 radical (unpaired) electrons. The first-order chi connectivity index (χ1) is 12.6. The van der Waals surface area contributed by atoms with Gasteiger partial charge in [0.25, 0.3) is 0 Å². The molecule has 3 nitrogen and oxygen atoms in total. The molecule has 2 aromatic rings. The van der Waals surface area contributed by atoms with Crippen LogP contribution in [0.5, 0.6) is 0 Å². The summed E-state index contributed by atoms with van der Waals surface area (Å²) in [5.41, 5.74) is 3.57. The highest BCUT2D eigenvalue weighted by Crippen LogP contribution is 2.55. The Kier molecular flexibility index (Phi) is 3.61. The van der Waals surface area contributed by atoms with Gasteiger partial charge >= 0.3 is 0 Å². The Bertz CT molecular complexity index is 780. The van der Waals surface area contributed by atoms with Crippen molar-refractivity contribution in [1.82, 2.24) is 0 Å². The molecule has 3 heteroatoms. The Morgan fingerprint density at radius 3 is 2.04 bits per heavy atom. The molecule has 26 heavy (non-hydrogen) atoms. The first kappa shape index (κ1) is 16.2. The van der Waals surface area contributed by atoms with E-state index < -0.39 is 5.79 Å². The quantitative estimate of drug-likeness (QED) is 0.769. The third kappa shape index (κ3) is 2.71. The van der Waals surface area contributed by atoms with Crippen LogP contribution in [0.3, 0.4) is 0 Å². The van der Waals surface area contributed by atoms with Gasteiger partial charge < -0.3 is 14.2 Å². The number of rotatable bonds is 3. The average molecular weight is 348 g/mol. The standard InChI is InChI=1S/C23H24O3/c1-22(2)25-20-18(14-23(15-24-23)21(20)26-22)13-19(16-9-5-3-6-10-16)17-11-7-4-8-12-17/h3-13,18,20-21H,14-15H2,1-2H3/t18-,20+,21+,23+/m0/s1. The van der Waals surface area contributed by atoms with Crippen LogP contribution in [-0.2, 0) is 14.2 Å². The number of hydrogen-bond donors (Lipinski definition) is 0. The van der Waals surface area contributed by atoms with Gasteiger partial charge in [0.15, 0.2) is 5.79 Å². The molecule has 1 aliphatic carbocycles. The van der Waals surface area contributed by atoms with Gasteiger partial charge in [0.1, 0.15) is 11.7 Å². The Balaban J connectivity index is 1.56. The number of hydrogen-bond acceptors (Lipinski definition) is 3. The van der Waals surface area contributed by atoms with Crippen molar-refractivity contribution in [1.29, 1.82) is 0 Å². The van der Waals surface area contributed by atoms with E-state index >= 15 is 0 Å². The van der Waals surface area contributed by atoms with Crippen molar-refractivity contribution in [3.8, 4) is 0 Å². The van der Waals surface area contributed by atoms with Crippen LogP contribution in [0.2, 0.25) is 0 Å². The highest BCUT2D eigenvalue weighted by molar-refractivity contribution is 5.80. The van der Waals surface area contributed by atoms with E-state index in [9.17, 15) is 0 Å². The minimum atomic E-state index is -0.541. The largest absolute Gasteiger partial charge is 0.367 e. The molecule has 5 rings (SSSR count). The molecule has 2 saturated heterocycles. The van der Waals surface area contributed by atoms with Crippen LogP contribution in [0.1, 0.15) is 31.4 Å². The van der Waals surface area contributed by atoms with E-state index in [0.717, 1.165) is 13.0 Å². The highest BCUT2D eigenvalue weighted by Gasteiger charge is 2.67. The molecule has 2 aliphatic heterocycles. The number of epoxide rings is 1. The molecule has 4 atom stereocenters. The van der Waals surface area contributed by atoms with Gasteiger partial charge in [-0.1, -0.05) is 66.7 Å². The number of benzene rings is 2. The molecule has 134 valence electrons. The summed E-state index contributed by atoms with van der Waals surface area (Å²) in [6.45, 7) is 4.78. The van der Waals surface area contributed by atoms with Crippen molar-refractivity contribution in [3.05, 3.63) is 77.9 Å². The summed E-state index contributed by atoms with van der Waals surface area (Å²) >= 11 is 0. The average Bonchev–Trinajstić information content (AvgIpc) is 3.29. The van der Waals surface area contributed by atoms with Crippen LogP contribution in [0, 0.1) is 5.92 Å². The molecule has 0 bridgehead atoms. The van der Waals surface area contributed by atoms with Gasteiger partial charge in [-0.2, -0.15) is 0 Å². The molecule has 0 unspecified atom stereocenters. The van der Waals surface area contributed by atoms with Crippen LogP contribution in [-0.4, -0.2) is 30.2 Å². The zero-order valence-electron chi connectivity index (χ0n) is 15.2. The fourth-order valence-corrected chi connectivity index (χ4v) is 4.48. The van der Waals surface area contributed by atoms with Gasteiger partial charge in [-0.25, -0.2) is 0 Å². The van der Waals surface area contributed by atoms with E-state index in [0.29, 0.717) is 0 Å². The van der Waals surface area contributed by atoms with Gasteiger partial charge in [0, 0.05) is 5.92 Å². The molecule has 3 fully saturated rings. The SMILES string of the molecule is CC1(C)O[C@H]2[C@@H](O1)[C@]1(CO1)C[C@@H]2C=C(c1ccccc1)c1ccccc1. The predicted molar refractivity (Wildman–Crippen MR) is 101 cm³/mol. The number of ether oxygens (including phenoxy) is 3. The van der Waals surface area contributed by atoms with Crippen LogP contribution in [0.15, 0.2) is 66.7 Å². The lowest BCUT2D eigenvalue weighted by atomic mass is 9.92. The van der Waals surface area contributed by atoms with Crippen molar-refractivity contribution >= 4 is 5.57 Å². The molecule has 1 saturated carbocycles. The molecule has 1 spiro atoms. The van der Waals surface area contributed by atoms with Crippen molar-refractivity contribution in [2.75, 3.05) is 6.61 Å². The molecule has 0 aromatic heterocycles.